The van der Waals surface area contributed by atoms with E-state index in [-0.39, 0.29) is 6.04 Å². The van der Waals surface area contributed by atoms with Gasteiger partial charge in [0, 0.05) is 25.2 Å². The van der Waals surface area contributed by atoms with Crippen molar-refractivity contribution in [1.82, 2.24) is 4.90 Å². The van der Waals surface area contributed by atoms with Crippen LogP contribution in [0.4, 0.5) is 0 Å². The second-order valence-corrected chi connectivity index (χ2v) is 5.17. The van der Waals surface area contributed by atoms with Crippen molar-refractivity contribution in [3.05, 3.63) is 35.4 Å². The highest BCUT2D eigenvalue weighted by Crippen LogP contribution is 2.33. The largest absolute Gasteiger partial charge is 0.376 e. The second-order valence-electron chi connectivity index (χ2n) is 5.17. The highest BCUT2D eigenvalue weighted by molar-refractivity contribution is 5.36. The number of nitrogens with zero attached hydrogens (tertiary/aromatic N) is 1. The Balaban J connectivity index is 1.79. The number of morpholine rings is 1. The van der Waals surface area contributed by atoms with Crippen molar-refractivity contribution in [3.63, 3.8) is 0 Å². The fraction of sp³-hybridized carbons (Fsp3) is 0.571. The van der Waals surface area contributed by atoms with Crippen LogP contribution in [0.15, 0.2) is 24.3 Å². The van der Waals surface area contributed by atoms with E-state index in [1.54, 1.807) is 0 Å². The topological polar surface area (TPSA) is 38.5 Å². The number of fused-ring (bicyclic) bond motifs is 1. The van der Waals surface area contributed by atoms with Gasteiger partial charge in [-0.2, -0.15) is 0 Å². The van der Waals surface area contributed by atoms with Crippen molar-refractivity contribution in [2.24, 2.45) is 5.73 Å². The van der Waals surface area contributed by atoms with Crippen molar-refractivity contribution < 1.29 is 4.74 Å². The Kier molecular flexibility index (Phi) is 2.90. The molecule has 0 saturated carbocycles. The van der Waals surface area contributed by atoms with E-state index in [0.29, 0.717) is 12.1 Å². The van der Waals surface area contributed by atoms with Crippen LogP contribution in [0.2, 0.25) is 0 Å². The van der Waals surface area contributed by atoms with Crippen molar-refractivity contribution >= 4 is 0 Å². The minimum Gasteiger partial charge on any atom is -0.376 e. The van der Waals surface area contributed by atoms with Crippen LogP contribution < -0.4 is 5.73 Å². The summed E-state index contributed by atoms with van der Waals surface area (Å²) in [5.41, 5.74) is 9.14. The Morgan fingerprint density at radius 2 is 2.18 bits per heavy atom. The molecule has 92 valence electrons. The summed E-state index contributed by atoms with van der Waals surface area (Å²) in [7, 11) is 0. The zero-order valence-corrected chi connectivity index (χ0v) is 10.3. The molecule has 3 atom stereocenters. The van der Waals surface area contributed by atoms with Crippen LogP contribution in [-0.4, -0.2) is 36.7 Å². The minimum atomic E-state index is 0.163. The van der Waals surface area contributed by atoms with Gasteiger partial charge in [0.05, 0.1) is 12.7 Å². The lowest BCUT2D eigenvalue weighted by molar-refractivity contribution is -0.0360. The SMILES string of the molecule is CC1CN(C2Cc3ccccc3C2N)CCO1. The number of nitrogens with two attached hydrogens (primary N) is 1. The molecule has 1 aromatic carbocycles. The smallest absolute Gasteiger partial charge is 0.0674 e. The van der Waals surface area contributed by atoms with Gasteiger partial charge in [0.25, 0.3) is 0 Å². The lowest BCUT2D eigenvalue weighted by atomic mass is 10.1. The highest BCUT2D eigenvalue weighted by atomic mass is 16.5. The maximum absolute atomic E-state index is 6.38. The molecule has 1 aliphatic heterocycles. The number of hydrogen-bond donors (Lipinski definition) is 1. The normalized spacial score (nSPS) is 33.6. The molecule has 3 heteroatoms. The summed E-state index contributed by atoms with van der Waals surface area (Å²) in [6.07, 6.45) is 1.42. The van der Waals surface area contributed by atoms with Gasteiger partial charge in [-0.05, 0) is 24.5 Å². The first kappa shape index (κ1) is 11.2. The average Bonchev–Trinajstić information content (AvgIpc) is 2.68. The van der Waals surface area contributed by atoms with Crippen molar-refractivity contribution in [2.45, 2.75) is 31.5 Å². The summed E-state index contributed by atoms with van der Waals surface area (Å²) in [6, 6.07) is 9.19. The molecule has 1 fully saturated rings. The number of ether oxygens (including phenoxy) is 1. The van der Waals surface area contributed by atoms with Crippen molar-refractivity contribution in [2.75, 3.05) is 19.7 Å². The van der Waals surface area contributed by atoms with Crippen LogP contribution in [0, 0.1) is 0 Å². The molecule has 0 radical (unpaired) electrons. The van der Waals surface area contributed by atoms with E-state index in [0.717, 1.165) is 26.1 Å². The first-order valence-electron chi connectivity index (χ1n) is 6.45. The van der Waals surface area contributed by atoms with Crippen LogP contribution in [0.1, 0.15) is 24.1 Å². The van der Waals surface area contributed by atoms with Gasteiger partial charge in [-0.15, -0.1) is 0 Å². The molecular formula is C14H20N2O. The summed E-state index contributed by atoms with van der Waals surface area (Å²) < 4.78 is 5.60. The Hall–Kier alpha value is -0.900. The molecule has 0 spiro atoms. The predicted octanol–water partition coefficient (Wildman–Crippen LogP) is 1.33. The lowest BCUT2D eigenvalue weighted by Gasteiger charge is -2.37. The third-order valence-electron chi connectivity index (χ3n) is 4.00. The molecular weight excluding hydrogens is 212 g/mol. The maximum atomic E-state index is 6.38. The molecule has 0 aromatic heterocycles. The maximum Gasteiger partial charge on any atom is 0.0674 e. The molecule has 3 nitrogen and oxygen atoms in total. The Bertz CT molecular complexity index is 407. The van der Waals surface area contributed by atoms with Crippen LogP contribution in [0.3, 0.4) is 0 Å². The average molecular weight is 232 g/mol. The van der Waals surface area contributed by atoms with Gasteiger partial charge in [-0.1, -0.05) is 24.3 Å². The summed E-state index contributed by atoms with van der Waals surface area (Å²) in [4.78, 5) is 2.50. The van der Waals surface area contributed by atoms with E-state index >= 15 is 0 Å². The third kappa shape index (κ3) is 1.99. The molecule has 0 bridgehead atoms. The first-order chi connectivity index (χ1) is 8.25. The van der Waals surface area contributed by atoms with E-state index in [2.05, 4.69) is 36.1 Å². The molecule has 3 rings (SSSR count). The van der Waals surface area contributed by atoms with Gasteiger partial charge < -0.3 is 10.5 Å². The van der Waals surface area contributed by atoms with E-state index < -0.39 is 0 Å². The quantitative estimate of drug-likeness (QED) is 0.794. The molecule has 0 amide bonds. The molecule has 1 aliphatic carbocycles. The van der Waals surface area contributed by atoms with Crippen LogP contribution in [-0.2, 0) is 11.2 Å². The molecule has 17 heavy (non-hydrogen) atoms. The standard InChI is InChI=1S/C14H20N2O/c1-10-9-16(6-7-17-10)13-8-11-4-2-3-5-12(11)14(13)15/h2-5,10,13-14H,6-9,15H2,1H3. The lowest BCUT2D eigenvalue weighted by Crippen LogP contribution is -2.49. The van der Waals surface area contributed by atoms with Gasteiger partial charge >= 0.3 is 0 Å². The molecule has 1 saturated heterocycles. The van der Waals surface area contributed by atoms with Gasteiger partial charge in [0.1, 0.15) is 0 Å². The fourth-order valence-corrected chi connectivity index (χ4v) is 3.11. The van der Waals surface area contributed by atoms with E-state index in [1.165, 1.54) is 11.1 Å². The first-order valence-corrected chi connectivity index (χ1v) is 6.45. The Morgan fingerprint density at radius 1 is 1.35 bits per heavy atom. The monoisotopic (exact) mass is 232 g/mol. The molecule has 1 aromatic rings. The number of benzene rings is 1. The molecule has 2 aliphatic rings. The van der Waals surface area contributed by atoms with E-state index in [1.807, 2.05) is 0 Å². The third-order valence-corrected chi connectivity index (χ3v) is 4.00. The highest BCUT2D eigenvalue weighted by Gasteiger charge is 2.35. The zero-order valence-electron chi connectivity index (χ0n) is 10.3. The van der Waals surface area contributed by atoms with Gasteiger partial charge in [-0.3, -0.25) is 4.90 Å². The van der Waals surface area contributed by atoms with Crippen LogP contribution in [0.5, 0.6) is 0 Å². The summed E-state index contributed by atoms with van der Waals surface area (Å²) in [5.74, 6) is 0. The zero-order chi connectivity index (χ0) is 11.8. The van der Waals surface area contributed by atoms with Gasteiger partial charge in [-0.25, -0.2) is 0 Å². The minimum absolute atomic E-state index is 0.163. The van der Waals surface area contributed by atoms with Crippen molar-refractivity contribution in [3.8, 4) is 0 Å². The molecule has 3 unspecified atom stereocenters. The summed E-state index contributed by atoms with van der Waals surface area (Å²) in [6.45, 7) is 4.99. The van der Waals surface area contributed by atoms with E-state index in [9.17, 15) is 0 Å². The van der Waals surface area contributed by atoms with Crippen molar-refractivity contribution in [1.29, 1.82) is 0 Å². The second kappa shape index (κ2) is 4.41. The summed E-state index contributed by atoms with van der Waals surface area (Å²) >= 11 is 0. The molecule has 2 N–H and O–H groups in total. The van der Waals surface area contributed by atoms with Gasteiger partial charge in [0.15, 0.2) is 0 Å². The number of hydrogen-bond acceptors (Lipinski definition) is 3. The predicted molar refractivity (Wildman–Crippen MR) is 67.8 cm³/mol. The van der Waals surface area contributed by atoms with E-state index in [4.69, 9.17) is 10.5 Å². The van der Waals surface area contributed by atoms with Gasteiger partial charge in [0.2, 0.25) is 0 Å². The Labute approximate surface area is 103 Å². The summed E-state index contributed by atoms with van der Waals surface area (Å²) in [5, 5.41) is 0. The molecule has 1 heterocycles. The number of rotatable bonds is 1. The Morgan fingerprint density at radius 3 is 2.94 bits per heavy atom. The van der Waals surface area contributed by atoms with Crippen LogP contribution >= 0.6 is 0 Å². The van der Waals surface area contributed by atoms with Crippen LogP contribution in [0.25, 0.3) is 0 Å². The fourth-order valence-electron chi connectivity index (χ4n) is 3.11.